The topological polar surface area (TPSA) is 138 Å². The van der Waals surface area contributed by atoms with Crippen LogP contribution in [0.4, 0.5) is 0 Å². The molecule has 0 aliphatic heterocycles. The van der Waals surface area contributed by atoms with Gasteiger partial charge < -0.3 is 18.8 Å². The first-order chi connectivity index (χ1) is 18.1. The second-order valence-electron chi connectivity index (χ2n) is 10.5. The Labute approximate surface area is 291 Å². The molecule has 0 radical (unpaired) electrons. The number of nitrogens with zero attached hydrogens (tertiary/aromatic N) is 1. The Morgan fingerprint density at radius 2 is 0.825 bits per heavy atom. The minimum atomic E-state index is -1.12. The number of hydrogen-bond acceptors (Lipinski definition) is 5. The zero-order chi connectivity index (χ0) is 29.2. The van der Waals surface area contributed by atoms with Gasteiger partial charge in [-0.05, 0) is 26.7 Å². The van der Waals surface area contributed by atoms with Crippen molar-refractivity contribution >= 4 is 23.8 Å². The summed E-state index contributed by atoms with van der Waals surface area (Å²) in [5.74, 6) is -2.74. The van der Waals surface area contributed by atoms with Gasteiger partial charge in [-0.3, -0.25) is 19.3 Å². The number of aliphatic carboxylic acids is 2. The van der Waals surface area contributed by atoms with E-state index in [1.807, 2.05) is 0 Å². The van der Waals surface area contributed by atoms with Crippen molar-refractivity contribution in [2.24, 2.45) is 5.73 Å². The molecule has 0 aromatic carbocycles. The van der Waals surface area contributed by atoms with Crippen LogP contribution in [0.5, 0.6) is 0 Å². The third-order valence-electron chi connectivity index (χ3n) is 6.66. The summed E-state index contributed by atoms with van der Waals surface area (Å²) in [5.41, 5.74) is 4.84. The van der Waals surface area contributed by atoms with E-state index in [2.05, 4.69) is 13.8 Å². The van der Waals surface area contributed by atoms with Crippen molar-refractivity contribution in [1.29, 1.82) is 0 Å². The van der Waals surface area contributed by atoms with Crippen LogP contribution in [-0.2, 0) is 19.2 Å². The molecule has 40 heavy (non-hydrogen) atoms. The molecule has 8 nitrogen and oxygen atoms in total. The zero-order valence-electron chi connectivity index (χ0n) is 28.8. The summed E-state index contributed by atoms with van der Waals surface area (Å²) in [5, 5.41) is 17.2. The Hall–Kier alpha value is 0.0400. The van der Waals surface area contributed by atoms with E-state index in [1.165, 1.54) is 90.9 Å². The van der Waals surface area contributed by atoms with E-state index in [0.717, 1.165) is 43.4 Å². The third kappa shape index (κ3) is 29.5. The number of carboxylic acid groups (broad SMARTS) is 2. The minimum absolute atomic E-state index is 0. The smallest absolute Gasteiger partial charge is 1.00 e. The molecule has 0 aliphatic carbocycles. The second-order valence-corrected chi connectivity index (χ2v) is 10.5. The molecule has 0 saturated carbocycles. The van der Waals surface area contributed by atoms with Crippen molar-refractivity contribution in [3.63, 3.8) is 0 Å². The van der Waals surface area contributed by atoms with Crippen LogP contribution >= 0.6 is 0 Å². The van der Waals surface area contributed by atoms with Gasteiger partial charge in [0, 0.05) is 12.8 Å². The molecule has 0 fully saturated rings. The Balaban J connectivity index is -0.000000291. The Morgan fingerprint density at radius 3 is 1.05 bits per heavy atom. The van der Waals surface area contributed by atoms with E-state index in [-0.39, 0.29) is 86.6 Å². The van der Waals surface area contributed by atoms with Gasteiger partial charge in [0.15, 0.2) is 0 Å². The van der Waals surface area contributed by atoms with E-state index in [4.69, 9.17) is 10.8 Å². The standard InChI is InChI=1S/C27H51NO4.C3H7NO2.2Na.2H/c1-4-6-8-10-12-14-16-18-20-22-25(29)28(24(3)27(31)32)26(30)23-21-19-17-15-13-11-9-7-5-2;1-2(4)3(5)6;;;;/h24H,4-23H2,1-3H3,(H,31,32);2H,4H2,1H3,(H,5,6);;;;/q;;2*+1;2*-1/t;2-;;;;/m.0..../s1. The molecule has 228 valence electrons. The molecule has 4 N–H and O–H groups in total. The zero-order valence-corrected chi connectivity index (χ0v) is 30.8. The van der Waals surface area contributed by atoms with Gasteiger partial charge in [-0.1, -0.05) is 117 Å². The quantitative estimate of drug-likeness (QED) is 0.121. The van der Waals surface area contributed by atoms with E-state index in [0.29, 0.717) is 0 Å². The summed E-state index contributed by atoms with van der Waals surface area (Å²) in [6.07, 6.45) is 21.2. The molecule has 1 unspecified atom stereocenters. The van der Waals surface area contributed by atoms with Crippen LogP contribution in [0.3, 0.4) is 0 Å². The van der Waals surface area contributed by atoms with Crippen molar-refractivity contribution in [1.82, 2.24) is 4.90 Å². The minimum Gasteiger partial charge on any atom is -1.00 e. The Morgan fingerprint density at radius 1 is 0.575 bits per heavy atom. The monoisotopic (exact) mass is 590 g/mol. The fourth-order valence-corrected chi connectivity index (χ4v) is 4.10. The number of carbonyl (C=O) groups is 4. The summed E-state index contributed by atoms with van der Waals surface area (Å²) in [7, 11) is 0. The average Bonchev–Trinajstić information content (AvgIpc) is 2.87. The van der Waals surface area contributed by atoms with Crippen molar-refractivity contribution in [2.75, 3.05) is 0 Å². The van der Waals surface area contributed by atoms with Crippen LogP contribution in [0.15, 0.2) is 0 Å². The molecule has 0 saturated heterocycles. The first-order valence-corrected chi connectivity index (χ1v) is 15.2. The van der Waals surface area contributed by atoms with Crippen molar-refractivity contribution in [3.05, 3.63) is 0 Å². The normalized spacial score (nSPS) is 11.6. The maximum atomic E-state index is 12.6. The summed E-state index contributed by atoms with van der Waals surface area (Å²) < 4.78 is 0. The van der Waals surface area contributed by atoms with Crippen LogP contribution in [0.25, 0.3) is 0 Å². The molecule has 0 aromatic rings. The molecule has 0 aliphatic rings. The fourth-order valence-electron chi connectivity index (χ4n) is 4.10. The van der Waals surface area contributed by atoms with E-state index >= 15 is 0 Å². The second kappa shape index (κ2) is 33.5. The van der Waals surface area contributed by atoms with Crippen molar-refractivity contribution in [2.45, 2.75) is 168 Å². The number of hydrogen-bond donors (Lipinski definition) is 3. The maximum absolute atomic E-state index is 12.6. The number of unbranched alkanes of at least 4 members (excludes halogenated alkanes) is 16. The van der Waals surface area contributed by atoms with E-state index in [1.54, 1.807) is 0 Å². The van der Waals surface area contributed by atoms with Crippen molar-refractivity contribution in [3.8, 4) is 0 Å². The SMILES string of the molecule is CCCCCCCCCCCC(=O)N(C(=O)CCCCCCCCCCC)C(C)C(=O)O.C[C@H](N)C(=O)O.[H-].[H-].[Na+].[Na+]. The van der Waals surface area contributed by atoms with Crippen LogP contribution in [0.1, 0.15) is 159 Å². The van der Waals surface area contributed by atoms with Gasteiger partial charge in [-0.25, -0.2) is 4.79 Å². The predicted molar refractivity (Wildman–Crippen MR) is 156 cm³/mol. The van der Waals surface area contributed by atoms with Crippen LogP contribution in [0, 0.1) is 0 Å². The number of rotatable bonds is 23. The molecule has 0 heterocycles. The largest absolute Gasteiger partial charge is 1.00 e. The molecule has 2 atom stereocenters. The molecule has 0 bridgehead atoms. The summed E-state index contributed by atoms with van der Waals surface area (Å²) in [6.45, 7) is 7.28. The third-order valence-corrected chi connectivity index (χ3v) is 6.66. The van der Waals surface area contributed by atoms with Gasteiger partial charge in [0.05, 0.1) is 0 Å². The number of carbonyl (C=O) groups excluding carboxylic acids is 2. The Kier molecular flexibility index (Phi) is 39.4. The first kappa shape index (κ1) is 47.0. The van der Waals surface area contributed by atoms with Crippen molar-refractivity contribution < 1.29 is 91.4 Å². The molecular formula is C30H60N2Na2O6. The Bertz CT molecular complexity index is 613. The maximum Gasteiger partial charge on any atom is 1.00 e. The van der Waals surface area contributed by atoms with E-state index in [9.17, 15) is 24.3 Å². The van der Waals surface area contributed by atoms with E-state index < -0.39 is 24.0 Å². The van der Waals surface area contributed by atoms with Crippen LogP contribution in [0.2, 0.25) is 0 Å². The summed E-state index contributed by atoms with van der Waals surface area (Å²) in [4.78, 5) is 47.3. The van der Waals surface area contributed by atoms with Gasteiger partial charge in [-0.2, -0.15) is 0 Å². The number of amides is 2. The number of carboxylic acids is 2. The number of imide groups is 1. The average molecular weight is 591 g/mol. The molecule has 0 aromatic heterocycles. The van der Waals surface area contributed by atoms with Gasteiger partial charge in [0.1, 0.15) is 12.1 Å². The van der Waals surface area contributed by atoms with Gasteiger partial charge in [-0.15, -0.1) is 0 Å². The van der Waals surface area contributed by atoms with Crippen LogP contribution in [-0.4, -0.2) is 50.9 Å². The molecule has 0 rings (SSSR count). The van der Waals surface area contributed by atoms with Gasteiger partial charge in [0.2, 0.25) is 11.8 Å². The number of nitrogens with two attached hydrogens (primary N) is 1. The van der Waals surface area contributed by atoms with Gasteiger partial charge >= 0.3 is 71.1 Å². The molecule has 10 heteroatoms. The van der Waals surface area contributed by atoms with Crippen LogP contribution < -0.4 is 64.8 Å². The molecule has 0 spiro atoms. The predicted octanol–water partition coefficient (Wildman–Crippen LogP) is 1.31. The summed E-state index contributed by atoms with van der Waals surface area (Å²) >= 11 is 0. The summed E-state index contributed by atoms with van der Waals surface area (Å²) in [6, 6.07) is -1.82. The fraction of sp³-hybridized carbons (Fsp3) is 0.867. The molecule has 2 amide bonds. The van der Waals surface area contributed by atoms with Gasteiger partial charge in [0.25, 0.3) is 0 Å². The molecular weight excluding hydrogens is 530 g/mol. The first-order valence-electron chi connectivity index (χ1n) is 15.2.